The zero-order chi connectivity index (χ0) is 19.6. The maximum atomic E-state index is 10.9. The van der Waals surface area contributed by atoms with Crippen molar-refractivity contribution < 1.29 is 14.3 Å². The van der Waals surface area contributed by atoms with Gasteiger partial charge in [-0.2, -0.15) is 0 Å². The number of hydrogen-bond donors (Lipinski definition) is 3. The highest BCUT2D eigenvalue weighted by atomic mass is 127. The van der Waals surface area contributed by atoms with E-state index in [0.717, 1.165) is 49.2 Å². The molecule has 1 amide bonds. The predicted molar refractivity (Wildman–Crippen MR) is 123 cm³/mol. The number of amides is 1. The molecule has 1 unspecified atom stereocenters. The van der Waals surface area contributed by atoms with Crippen LogP contribution in [0.5, 0.6) is 11.5 Å². The Labute approximate surface area is 184 Å². The summed E-state index contributed by atoms with van der Waals surface area (Å²) >= 11 is 0. The van der Waals surface area contributed by atoms with Crippen LogP contribution in [-0.2, 0) is 4.79 Å². The molecule has 0 spiro atoms. The summed E-state index contributed by atoms with van der Waals surface area (Å²) in [6.45, 7) is 7.22. The molecule has 1 aromatic carbocycles. The standard InChI is InChI=1S/C19H31N5O3.HI/c1-5-20-19(22-8-7-21-14(2)25)23-15-6-9-24(13-15)16-10-17(26-3)12-18(11-16)27-4;/h10-12,15H,5-9,13H2,1-4H3,(H,21,25)(H2,20,22,23);1H. The number of nitrogens with zero attached hydrogens (tertiary/aromatic N) is 2. The molecule has 1 aromatic rings. The number of carbonyl (C=O) groups excluding carboxylic acids is 1. The van der Waals surface area contributed by atoms with Gasteiger partial charge in [0.1, 0.15) is 11.5 Å². The molecule has 28 heavy (non-hydrogen) atoms. The molecule has 1 fully saturated rings. The Bertz CT molecular complexity index is 634. The summed E-state index contributed by atoms with van der Waals surface area (Å²) in [7, 11) is 3.32. The third-order valence-electron chi connectivity index (χ3n) is 4.33. The Morgan fingerprint density at radius 3 is 2.46 bits per heavy atom. The highest BCUT2D eigenvalue weighted by molar-refractivity contribution is 14.0. The van der Waals surface area contributed by atoms with E-state index in [9.17, 15) is 4.79 Å². The molecule has 1 aliphatic heterocycles. The molecule has 1 saturated heterocycles. The molecule has 0 radical (unpaired) electrons. The van der Waals surface area contributed by atoms with Crippen LogP contribution in [0.25, 0.3) is 0 Å². The lowest BCUT2D eigenvalue weighted by atomic mass is 10.2. The Hall–Kier alpha value is -1.91. The zero-order valence-corrected chi connectivity index (χ0v) is 19.4. The Morgan fingerprint density at radius 1 is 1.21 bits per heavy atom. The smallest absolute Gasteiger partial charge is 0.216 e. The van der Waals surface area contributed by atoms with Gasteiger partial charge in [0.25, 0.3) is 0 Å². The van der Waals surface area contributed by atoms with E-state index in [0.29, 0.717) is 19.1 Å². The summed E-state index contributed by atoms with van der Waals surface area (Å²) in [6.07, 6.45) is 1.01. The van der Waals surface area contributed by atoms with Crippen molar-refractivity contribution in [1.29, 1.82) is 0 Å². The number of guanidine groups is 1. The Balaban J connectivity index is 0.00000392. The average Bonchev–Trinajstić information content (AvgIpc) is 3.13. The van der Waals surface area contributed by atoms with Gasteiger partial charge in [0.2, 0.25) is 5.91 Å². The molecular formula is C19H32IN5O3. The Morgan fingerprint density at radius 2 is 1.89 bits per heavy atom. The minimum absolute atomic E-state index is 0. The third-order valence-corrected chi connectivity index (χ3v) is 4.33. The molecule has 158 valence electrons. The van der Waals surface area contributed by atoms with Gasteiger partial charge in [0.15, 0.2) is 5.96 Å². The lowest BCUT2D eigenvalue weighted by Crippen LogP contribution is -2.45. The maximum absolute atomic E-state index is 10.9. The van der Waals surface area contributed by atoms with Crippen molar-refractivity contribution in [2.75, 3.05) is 51.8 Å². The van der Waals surface area contributed by atoms with Gasteiger partial charge < -0.3 is 30.3 Å². The van der Waals surface area contributed by atoms with Gasteiger partial charge in [-0.3, -0.25) is 9.79 Å². The number of halogens is 1. The molecule has 1 heterocycles. The summed E-state index contributed by atoms with van der Waals surface area (Å²) in [4.78, 5) is 17.8. The highest BCUT2D eigenvalue weighted by Gasteiger charge is 2.24. The van der Waals surface area contributed by atoms with Crippen molar-refractivity contribution >= 4 is 41.5 Å². The van der Waals surface area contributed by atoms with Crippen molar-refractivity contribution in [2.45, 2.75) is 26.3 Å². The van der Waals surface area contributed by atoms with E-state index in [1.165, 1.54) is 6.92 Å². The summed E-state index contributed by atoms with van der Waals surface area (Å²) < 4.78 is 10.7. The van der Waals surface area contributed by atoms with E-state index in [1.54, 1.807) is 14.2 Å². The van der Waals surface area contributed by atoms with E-state index >= 15 is 0 Å². The second kappa shape index (κ2) is 12.5. The predicted octanol–water partition coefficient (Wildman–Crippen LogP) is 1.59. The molecule has 0 bridgehead atoms. The number of carbonyl (C=O) groups is 1. The largest absolute Gasteiger partial charge is 0.497 e. The number of benzene rings is 1. The quantitative estimate of drug-likeness (QED) is 0.215. The van der Waals surface area contributed by atoms with Crippen LogP contribution >= 0.6 is 24.0 Å². The molecule has 8 nitrogen and oxygen atoms in total. The lowest BCUT2D eigenvalue weighted by molar-refractivity contribution is -0.118. The number of rotatable bonds is 8. The monoisotopic (exact) mass is 505 g/mol. The number of anilines is 1. The number of aliphatic imine (C=N–C) groups is 1. The molecule has 3 N–H and O–H groups in total. The number of nitrogens with one attached hydrogen (secondary N) is 3. The first-order valence-electron chi connectivity index (χ1n) is 9.33. The number of ether oxygens (including phenoxy) is 2. The summed E-state index contributed by atoms with van der Waals surface area (Å²) in [5.41, 5.74) is 1.09. The topological polar surface area (TPSA) is 87.2 Å². The van der Waals surface area contributed by atoms with E-state index in [2.05, 4.69) is 25.8 Å². The van der Waals surface area contributed by atoms with Crippen molar-refractivity contribution in [3.63, 3.8) is 0 Å². The van der Waals surface area contributed by atoms with Crippen LogP contribution in [0, 0.1) is 0 Å². The van der Waals surface area contributed by atoms with E-state index in [4.69, 9.17) is 9.47 Å². The van der Waals surface area contributed by atoms with Crippen LogP contribution < -0.4 is 30.3 Å². The molecule has 0 aliphatic carbocycles. The summed E-state index contributed by atoms with van der Waals surface area (Å²) in [5, 5.41) is 9.49. The average molecular weight is 505 g/mol. The molecule has 0 saturated carbocycles. The van der Waals surface area contributed by atoms with Crippen molar-refractivity contribution in [3.8, 4) is 11.5 Å². The van der Waals surface area contributed by atoms with Crippen LogP contribution in [0.3, 0.4) is 0 Å². The Kier molecular flexibility index (Phi) is 10.8. The van der Waals surface area contributed by atoms with Crippen molar-refractivity contribution in [2.24, 2.45) is 4.99 Å². The number of hydrogen-bond acceptors (Lipinski definition) is 5. The summed E-state index contributed by atoms with van der Waals surface area (Å²) in [6, 6.07) is 6.22. The third kappa shape index (κ3) is 7.61. The summed E-state index contributed by atoms with van der Waals surface area (Å²) in [5.74, 6) is 2.31. The molecule has 9 heteroatoms. The van der Waals surface area contributed by atoms with Gasteiger partial charge >= 0.3 is 0 Å². The van der Waals surface area contributed by atoms with Gasteiger partial charge in [-0.05, 0) is 13.3 Å². The van der Waals surface area contributed by atoms with Gasteiger partial charge in [-0.1, -0.05) is 0 Å². The van der Waals surface area contributed by atoms with E-state index in [-0.39, 0.29) is 29.9 Å². The first kappa shape index (κ1) is 24.1. The molecule has 1 atom stereocenters. The van der Waals surface area contributed by atoms with Crippen LogP contribution in [0.4, 0.5) is 5.69 Å². The second-order valence-electron chi connectivity index (χ2n) is 6.39. The van der Waals surface area contributed by atoms with Gasteiger partial charge in [-0.15, -0.1) is 24.0 Å². The van der Waals surface area contributed by atoms with E-state index < -0.39 is 0 Å². The lowest BCUT2D eigenvalue weighted by Gasteiger charge is -2.21. The van der Waals surface area contributed by atoms with Gasteiger partial charge in [-0.25, -0.2) is 0 Å². The first-order chi connectivity index (χ1) is 13.0. The van der Waals surface area contributed by atoms with Gasteiger partial charge in [0, 0.05) is 63.0 Å². The zero-order valence-electron chi connectivity index (χ0n) is 17.1. The van der Waals surface area contributed by atoms with Crippen LogP contribution in [-0.4, -0.2) is 64.9 Å². The molecule has 1 aliphatic rings. The minimum Gasteiger partial charge on any atom is -0.497 e. The van der Waals surface area contributed by atoms with Crippen molar-refractivity contribution in [1.82, 2.24) is 16.0 Å². The molecular weight excluding hydrogens is 473 g/mol. The van der Waals surface area contributed by atoms with Gasteiger partial charge in [0.05, 0.1) is 20.8 Å². The van der Waals surface area contributed by atoms with Crippen LogP contribution in [0.2, 0.25) is 0 Å². The SMILES string of the molecule is CCNC(=NCCNC(C)=O)NC1CCN(c2cc(OC)cc(OC)c2)C1.I. The molecule has 0 aromatic heterocycles. The van der Waals surface area contributed by atoms with Crippen LogP contribution in [0.15, 0.2) is 23.2 Å². The molecule has 2 rings (SSSR count). The first-order valence-corrected chi connectivity index (χ1v) is 9.33. The fourth-order valence-corrected chi connectivity index (χ4v) is 3.00. The van der Waals surface area contributed by atoms with E-state index in [1.807, 2.05) is 25.1 Å². The van der Waals surface area contributed by atoms with Crippen molar-refractivity contribution in [3.05, 3.63) is 18.2 Å². The fraction of sp³-hybridized carbons (Fsp3) is 0.579. The maximum Gasteiger partial charge on any atom is 0.216 e. The van der Waals surface area contributed by atoms with Crippen LogP contribution in [0.1, 0.15) is 20.3 Å². The minimum atomic E-state index is -0.0386. The fourth-order valence-electron chi connectivity index (χ4n) is 3.00. The second-order valence-corrected chi connectivity index (χ2v) is 6.39. The normalized spacial score (nSPS) is 16.2. The number of methoxy groups -OCH3 is 2. The highest BCUT2D eigenvalue weighted by Crippen LogP contribution is 2.30.